The molecule has 1 saturated heterocycles. The number of carbonyl (C=O) groups excluding carboxylic acids is 1. The van der Waals surface area contributed by atoms with Crippen LogP contribution in [0.2, 0.25) is 5.02 Å². The lowest BCUT2D eigenvalue weighted by Crippen LogP contribution is -2.50. The summed E-state index contributed by atoms with van der Waals surface area (Å²) >= 11 is 5.89. The number of nitro benzene ring substituents is 1. The summed E-state index contributed by atoms with van der Waals surface area (Å²) in [5.41, 5.74) is 3.89. The Bertz CT molecular complexity index is 635. The van der Waals surface area contributed by atoms with Crippen LogP contribution in [-0.2, 0) is 4.79 Å². The topological polar surface area (TPSA) is 127 Å². The van der Waals surface area contributed by atoms with Crippen molar-refractivity contribution in [3.8, 4) is 0 Å². The number of carbonyl (C=O) groups is 2. The zero-order valence-corrected chi connectivity index (χ0v) is 11.5. The fourth-order valence-corrected chi connectivity index (χ4v) is 2.34. The number of halogens is 1. The first-order chi connectivity index (χ1) is 9.74. The lowest BCUT2D eigenvalue weighted by atomic mass is 10.0. The maximum Gasteiger partial charge on any atom is 0.325 e. The van der Waals surface area contributed by atoms with E-state index in [1.54, 1.807) is 0 Å². The van der Waals surface area contributed by atoms with Gasteiger partial charge in [0.15, 0.2) is 0 Å². The number of nitrogens with two attached hydrogens (primary N) is 1. The molecule has 0 bridgehead atoms. The number of carboxylic acid groups (broad SMARTS) is 1. The van der Waals surface area contributed by atoms with Crippen molar-refractivity contribution < 1.29 is 19.6 Å². The summed E-state index contributed by atoms with van der Waals surface area (Å²) in [6.45, 7) is -0.0131. The van der Waals surface area contributed by atoms with Gasteiger partial charge in [0, 0.05) is 25.2 Å². The number of carboxylic acids is 1. The number of hydrogen-bond acceptors (Lipinski definition) is 5. The van der Waals surface area contributed by atoms with Crippen molar-refractivity contribution in [1.82, 2.24) is 4.90 Å². The fraction of sp³-hybridized carbons (Fsp3) is 0.333. The van der Waals surface area contributed by atoms with Gasteiger partial charge in [-0.3, -0.25) is 19.7 Å². The molecule has 1 aliphatic rings. The molecule has 2 rings (SSSR count). The predicted octanol–water partition coefficient (Wildman–Crippen LogP) is 0.876. The highest BCUT2D eigenvalue weighted by atomic mass is 35.5. The summed E-state index contributed by atoms with van der Waals surface area (Å²) in [7, 11) is 0. The van der Waals surface area contributed by atoms with Crippen LogP contribution in [0.5, 0.6) is 0 Å². The molecule has 8 nitrogen and oxygen atoms in total. The van der Waals surface area contributed by atoms with E-state index < -0.39 is 22.3 Å². The quantitative estimate of drug-likeness (QED) is 0.630. The second kappa shape index (κ2) is 5.30. The molecule has 3 N–H and O–H groups in total. The summed E-state index contributed by atoms with van der Waals surface area (Å²) in [6.07, 6.45) is 0.112. The second-order valence-electron chi connectivity index (χ2n) is 4.86. The molecule has 0 aliphatic carbocycles. The highest BCUT2D eigenvalue weighted by Gasteiger charge is 2.43. The van der Waals surface area contributed by atoms with Gasteiger partial charge in [-0.15, -0.1) is 0 Å². The third kappa shape index (κ3) is 2.81. The van der Waals surface area contributed by atoms with Crippen molar-refractivity contribution in [1.29, 1.82) is 0 Å². The molecule has 1 fully saturated rings. The Kier molecular flexibility index (Phi) is 3.84. The molecule has 1 unspecified atom stereocenters. The monoisotopic (exact) mass is 313 g/mol. The minimum atomic E-state index is -1.50. The van der Waals surface area contributed by atoms with Gasteiger partial charge in [-0.05, 0) is 12.5 Å². The van der Waals surface area contributed by atoms with Crippen LogP contribution in [0, 0.1) is 10.1 Å². The van der Waals surface area contributed by atoms with E-state index in [0.717, 1.165) is 6.07 Å². The van der Waals surface area contributed by atoms with Crippen LogP contribution in [0.3, 0.4) is 0 Å². The molecule has 1 heterocycles. The van der Waals surface area contributed by atoms with Crippen LogP contribution in [0.1, 0.15) is 16.8 Å². The molecule has 9 heteroatoms. The first-order valence-corrected chi connectivity index (χ1v) is 6.38. The maximum absolute atomic E-state index is 12.3. The summed E-state index contributed by atoms with van der Waals surface area (Å²) < 4.78 is 0. The maximum atomic E-state index is 12.3. The minimum absolute atomic E-state index is 0.0412. The van der Waals surface area contributed by atoms with Crippen molar-refractivity contribution in [2.45, 2.75) is 12.0 Å². The predicted molar refractivity (Wildman–Crippen MR) is 73.2 cm³/mol. The highest BCUT2D eigenvalue weighted by molar-refractivity contribution is 6.34. The summed E-state index contributed by atoms with van der Waals surface area (Å²) in [6, 6.07) is 3.52. The van der Waals surface area contributed by atoms with Crippen LogP contribution < -0.4 is 5.73 Å². The van der Waals surface area contributed by atoms with Crippen molar-refractivity contribution in [2.24, 2.45) is 5.73 Å². The van der Waals surface area contributed by atoms with Gasteiger partial charge in [0.1, 0.15) is 5.54 Å². The zero-order chi connectivity index (χ0) is 15.8. The standard InChI is InChI=1S/C12H12ClN3O5/c13-9-2-1-7(16(20)21)5-8(9)10(17)15-4-3-12(14,6-15)11(18)19/h1-2,5H,3-4,6,14H2,(H,18,19). The molecule has 0 saturated carbocycles. The molecule has 21 heavy (non-hydrogen) atoms. The molecule has 1 aromatic carbocycles. The van der Waals surface area contributed by atoms with Crippen molar-refractivity contribution in [3.05, 3.63) is 38.9 Å². The average molecular weight is 314 g/mol. The SMILES string of the molecule is NC1(C(=O)O)CCN(C(=O)c2cc([N+](=O)[O-])ccc2Cl)C1. The molecule has 0 spiro atoms. The first kappa shape index (κ1) is 15.2. The zero-order valence-electron chi connectivity index (χ0n) is 10.8. The molecule has 1 aliphatic heterocycles. The molecular weight excluding hydrogens is 302 g/mol. The lowest BCUT2D eigenvalue weighted by molar-refractivity contribution is -0.384. The molecule has 112 valence electrons. The number of benzene rings is 1. The van der Waals surface area contributed by atoms with Crippen molar-refractivity contribution in [2.75, 3.05) is 13.1 Å². The third-order valence-electron chi connectivity index (χ3n) is 3.41. The van der Waals surface area contributed by atoms with Crippen molar-refractivity contribution >= 4 is 29.2 Å². The van der Waals surface area contributed by atoms with Gasteiger partial charge in [-0.25, -0.2) is 0 Å². The Balaban J connectivity index is 2.28. The van der Waals surface area contributed by atoms with Crippen molar-refractivity contribution in [3.63, 3.8) is 0 Å². The Morgan fingerprint density at radius 1 is 1.48 bits per heavy atom. The van der Waals surface area contributed by atoms with E-state index in [-0.39, 0.29) is 35.8 Å². The van der Waals surface area contributed by atoms with E-state index in [1.807, 2.05) is 0 Å². The lowest BCUT2D eigenvalue weighted by Gasteiger charge is -2.20. The van der Waals surface area contributed by atoms with E-state index in [4.69, 9.17) is 22.4 Å². The number of nitro groups is 1. The Labute approximate surface area is 124 Å². The van der Waals surface area contributed by atoms with E-state index in [1.165, 1.54) is 17.0 Å². The van der Waals surface area contributed by atoms with Gasteiger partial charge in [0.05, 0.1) is 15.5 Å². The summed E-state index contributed by atoms with van der Waals surface area (Å²) in [5, 5.41) is 19.8. The van der Waals surface area contributed by atoms with E-state index in [2.05, 4.69) is 0 Å². The molecule has 1 amide bonds. The van der Waals surface area contributed by atoms with Crippen LogP contribution in [0.15, 0.2) is 18.2 Å². The van der Waals surface area contributed by atoms with E-state index in [0.29, 0.717) is 0 Å². The van der Waals surface area contributed by atoms with E-state index in [9.17, 15) is 19.7 Å². The van der Waals surface area contributed by atoms with Gasteiger partial charge in [-0.1, -0.05) is 11.6 Å². The Hall–Kier alpha value is -2.19. The molecule has 0 radical (unpaired) electrons. The first-order valence-electron chi connectivity index (χ1n) is 6.00. The number of hydrogen-bond donors (Lipinski definition) is 2. The summed E-state index contributed by atoms with van der Waals surface area (Å²) in [4.78, 5) is 34.7. The smallest absolute Gasteiger partial charge is 0.325 e. The van der Waals surface area contributed by atoms with Crippen LogP contribution >= 0.6 is 11.6 Å². The van der Waals surface area contributed by atoms with Gasteiger partial charge in [0.2, 0.25) is 0 Å². The largest absolute Gasteiger partial charge is 0.480 e. The summed E-state index contributed by atoms with van der Waals surface area (Å²) in [5.74, 6) is -1.76. The second-order valence-corrected chi connectivity index (χ2v) is 5.27. The van der Waals surface area contributed by atoms with Crippen LogP contribution in [0.4, 0.5) is 5.69 Å². The number of aliphatic carboxylic acids is 1. The Morgan fingerprint density at radius 2 is 2.14 bits per heavy atom. The highest BCUT2D eigenvalue weighted by Crippen LogP contribution is 2.26. The van der Waals surface area contributed by atoms with Crippen LogP contribution in [-0.4, -0.2) is 45.4 Å². The third-order valence-corrected chi connectivity index (χ3v) is 3.73. The number of nitrogens with zero attached hydrogens (tertiary/aromatic N) is 2. The van der Waals surface area contributed by atoms with Gasteiger partial charge in [-0.2, -0.15) is 0 Å². The molecule has 0 aromatic heterocycles. The number of rotatable bonds is 3. The molecule has 1 atom stereocenters. The van der Waals surface area contributed by atoms with Gasteiger partial charge >= 0.3 is 5.97 Å². The fourth-order valence-electron chi connectivity index (χ4n) is 2.14. The molecular formula is C12H12ClN3O5. The van der Waals surface area contributed by atoms with Crippen LogP contribution in [0.25, 0.3) is 0 Å². The average Bonchev–Trinajstić information content (AvgIpc) is 2.82. The van der Waals surface area contributed by atoms with Gasteiger partial charge in [0.25, 0.3) is 11.6 Å². The van der Waals surface area contributed by atoms with Gasteiger partial charge < -0.3 is 15.7 Å². The molecule has 1 aromatic rings. The minimum Gasteiger partial charge on any atom is -0.480 e. The Morgan fingerprint density at radius 3 is 2.67 bits per heavy atom. The number of non-ortho nitro benzene ring substituents is 1. The number of amides is 1. The number of likely N-dealkylation sites (tertiary alicyclic amines) is 1. The van der Waals surface area contributed by atoms with E-state index >= 15 is 0 Å². The normalized spacial score (nSPS) is 21.3.